The number of methoxy groups -OCH3 is 1. The molecule has 28 heavy (non-hydrogen) atoms. The van der Waals surface area contributed by atoms with Gasteiger partial charge in [0.2, 0.25) is 0 Å². The number of rotatable bonds is 7. The number of ether oxygens (including phenoxy) is 1. The summed E-state index contributed by atoms with van der Waals surface area (Å²) < 4.78 is 5.14. The van der Waals surface area contributed by atoms with Gasteiger partial charge in [0.1, 0.15) is 5.75 Å². The molecule has 0 saturated carbocycles. The molecular weight excluding hydrogens is 394 g/mol. The van der Waals surface area contributed by atoms with E-state index >= 15 is 0 Å². The smallest absolute Gasteiger partial charge is 0.255 e. The van der Waals surface area contributed by atoms with Gasteiger partial charge < -0.3 is 10.1 Å². The number of halogens is 1. The quantitative estimate of drug-likeness (QED) is 0.407. The molecule has 3 aromatic carbocycles. The fraction of sp³-hybridized carbons (Fsp3) is 0.0909. The van der Waals surface area contributed by atoms with Gasteiger partial charge in [-0.15, -0.1) is 11.8 Å². The Morgan fingerprint density at radius 2 is 1.68 bits per heavy atom. The molecule has 1 amide bonds. The Morgan fingerprint density at radius 1 is 0.964 bits per heavy atom. The highest BCUT2D eigenvalue weighted by molar-refractivity contribution is 8.00. The van der Waals surface area contributed by atoms with Gasteiger partial charge >= 0.3 is 0 Å². The molecule has 3 aromatic rings. The van der Waals surface area contributed by atoms with Crippen LogP contribution in [0.1, 0.15) is 20.7 Å². The van der Waals surface area contributed by atoms with E-state index in [0.717, 1.165) is 4.90 Å². The van der Waals surface area contributed by atoms with Gasteiger partial charge in [0.05, 0.1) is 12.9 Å². The van der Waals surface area contributed by atoms with Crippen molar-refractivity contribution in [2.24, 2.45) is 0 Å². The molecule has 0 atom stereocenters. The molecule has 0 heterocycles. The zero-order chi connectivity index (χ0) is 19.9. The Morgan fingerprint density at radius 3 is 2.36 bits per heavy atom. The number of amides is 1. The van der Waals surface area contributed by atoms with Crippen LogP contribution in [0.3, 0.4) is 0 Å². The van der Waals surface area contributed by atoms with Crippen LogP contribution in [0.2, 0.25) is 5.02 Å². The van der Waals surface area contributed by atoms with Crippen molar-refractivity contribution in [1.29, 1.82) is 0 Å². The van der Waals surface area contributed by atoms with Crippen LogP contribution in [0.15, 0.2) is 77.7 Å². The third kappa shape index (κ3) is 5.38. The van der Waals surface area contributed by atoms with Gasteiger partial charge in [-0.25, -0.2) is 0 Å². The predicted octanol–water partition coefficient (Wildman–Crippen LogP) is 5.58. The number of carbonyl (C=O) groups excluding carboxylic acids is 2. The van der Waals surface area contributed by atoms with E-state index in [0.29, 0.717) is 33.3 Å². The molecule has 1 N–H and O–H groups in total. The van der Waals surface area contributed by atoms with E-state index in [1.807, 2.05) is 24.3 Å². The second-order valence-electron chi connectivity index (χ2n) is 5.93. The first-order valence-electron chi connectivity index (χ1n) is 8.52. The SMILES string of the molecule is COc1cccc(C(=O)Nc2ccc(SCC(=O)c3ccc(Cl)cc3)cc2)c1. The highest BCUT2D eigenvalue weighted by Gasteiger charge is 2.09. The summed E-state index contributed by atoms with van der Waals surface area (Å²) in [6.07, 6.45) is 0. The summed E-state index contributed by atoms with van der Waals surface area (Å²) >= 11 is 7.29. The van der Waals surface area contributed by atoms with Crippen LogP contribution in [0.4, 0.5) is 5.69 Å². The molecule has 0 aliphatic rings. The maximum atomic E-state index is 12.3. The Labute approximate surface area is 172 Å². The molecule has 0 aliphatic carbocycles. The Balaban J connectivity index is 1.56. The number of thioether (sulfide) groups is 1. The lowest BCUT2D eigenvalue weighted by Gasteiger charge is -2.08. The molecule has 4 nitrogen and oxygen atoms in total. The number of anilines is 1. The molecule has 0 aromatic heterocycles. The monoisotopic (exact) mass is 411 g/mol. The predicted molar refractivity (Wildman–Crippen MR) is 114 cm³/mol. The minimum absolute atomic E-state index is 0.0390. The maximum absolute atomic E-state index is 12.3. The molecule has 0 bridgehead atoms. The third-order valence-corrected chi connectivity index (χ3v) is 5.24. The Hall–Kier alpha value is -2.76. The molecule has 0 spiro atoms. The van der Waals surface area contributed by atoms with E-state index in [4.69, 9.17) is 16.3 Å². The van der Waals surface area contributed by atoms with Crippen LogP contribution in [0, 0.1) is 0 Å². The van der Waals surface area contributed by atoms with Crippen LogP contribution in [-0.2, 0) is 0 Å². The van der Waals surface area contributed by atoms with Crippen molar-refractivity contribution < 1.29 is 14.3 Å². The zero-order valence-electron chi connectivity index (χ0n) is 15.1. The largest absolute Gasteiger partial charge is 0.497 e. The van der Waals surface area contributed by atoms with E-state index in [2.05, 4.69) is 5.32 Å². The van der Waals surface area contributed by atoms with Gasteiger partial charge in [-0.2, -0.15) is 0 Å². The molecule has 142 valence electrons. The van der Waals surface area contributed by atoms with Gasteiger partial charge in [-0.05, 0) is 66.7 Å². The van der Waals surface area contributed by atoms with E-state index in [-0.39, 0.29) is 11.7 Å². The van der Waals surface area contributed by atoms with E-state index in [9.17, 15) is 9.59 Å². The van der Waals surface area contributed by atoms with Crippen LogP contribution in [0.5, 0.6) is 5.75 Å². The molecule has 6 heteroatoms. The first kappa shape index (κ1) is 20.0. The van der Waals surface area contributed by atoms with Crippen molar-refractivity contribution in [3.05, 3.63) is 88.9 Å². The fourth-order valence-corrected chi connectivity index (χ4v) is 3.39. The van der Waals surface area contributed by atoms with Crippen LogP contribution in [-0.4, -0.2) is 24.6 Å². The van der Waals surface area contributed by atoms with Crippen molar-refractivity contribution >= 4 is 40.7 Å². The molecular formula is C22H18ClNO3S. The van der Waals surface area contributed by atoms with Gasteiger partial charge in [0, 0.05) is 26.7 Å². The fourth-order valence-electron chi connectivity index (χ4n) is 2.47. The van der Waals surface area contributed by atoms with Crippen molar-refractivity contribution in [3.8, 4) is 5.75 Å². The molecule has 0 saturated heterocycles. The standard InChI is InChI=1S/C22H18ClNO3S/c1-27-19-4-2-3-16(13-19)22(26)24-18-9-11-20(12-10-18)28-14-21(25)15-5-7-17(23)8-6-15/h2-13H,14H2,1H3,(H,24,26). The van der Waals surface area contributed by atoms with Gasteiger partial charge in [0.25, 0.3) is 5.91 Å². The van der Waals surface area contributed by atoms with Crippen LogP contribution >= 0.6 is 23.4 Å². The lowest BCUT2D eigenvalue weighted by Crippen LogP contribution is -2.11. The summed E-state index contributed by atoms with van der Waals surface area (Å²) in [6, 6.07) is 21.2. The first-order valence-corrected chi connectivity index (χ1v) is 9.88. The molecule has 0 unspecified atom stereocenters. The van der Waals surface area contributed by atoms with E-state index in [1.54, 1.807) is 55.6 Å². The van der Waals surface area contributed by atoms with Gasteiger partial charge in [-0.1, -0.05) is 17.7 Å². The molecule has 0 radical (unpaired) electrons. The summed E-state index contributed by atoms with van der Waals surface area (Å²) in [5.41, 5.74) is 1.84. The van der Waals surface area contributed by atoms with E-state index in [1.165, 1.54) is 11.8 Å². The van der Waals surface area contributed by atoms with Crippen molar-refractivity contribution in [2.75, 3.05) is 18.2 Å². The lowest BCUT2D eigenvalue weighted by atomic mass is 10.1. The molecule has 0 fully saturated rings. The van der Waals surface area contributed by atoms with Gasteiger partial charge in [-0.3, -0.25) is 9.59 Å². The number of nitrogens with one attached hydrogen (secondary N) is 1. The number of carbonyl (C=O) groups is 2. The summed E-state index contributed by atoms with van der Waals surface area (Å²) in [6.45, 7) is 0. The minimum Gasteiger partial charge on any atom is -0.497 e. The summed E-state index contributed by atoms with van der Waals surface area (Å²) in [7, 11) is 1.56. The topological polar surface area (TPSA) is 55.4 Å². The number of Topliss-reactive ketones (excluding diaryl/α,β-unsaturated/α-hetero) is 1. The summed E-state index contributed by atoms with van der Waals surface area (Å²) in [5.74, 6) is 0.788. The summed E-state index contributed by atoms with van der Waals surface area (Å²) in [5, 5.41) is 3.46. The highest BCUT2D eigenvalue weighted by Crippen LogP contribution is 2.22. The number of ketones is 1. The average Bonchev–Trinajstić information content (AvgIpc) is 2.73. The van der Waals surface area contributed by atoms with Crippen molar-refractivity contribution in [1.82, 2.24) is 0 Å². The van der Waals surface area contributed by atoms with Crippen molar-refractivity contribution in [2.45, 2.75) is 4.90 Å². The van der Waals surface area contributed by atoms with Crippen molar-refractivity contribution in [3.63, 3.8) is 0 Å². The van der Waals surface area contributed by atoms with Crippen LogP contribution < -0.4 is 10.1 Å². The normalized spacial score (nSPS) is 10.4. The number of hydrogen-bond donors (Lipinski definition) is 1. The lowest BCUT2D eigenvalue weighted by molar-refractivity contribution is 0.101. The summed E-state index contributed by atoms with van der Waals surface area (Å²) in [4.78, 5) is 25.5. The maximum Gasteiger partial charge on any atom is 0.255 e. The third-order valence-electron chi connectivity index (χ3n) is 3.98. The number of hydrogen-bond acceptors (Lipinski definition) is 4. The number of benzene rings is 3. The highest BCUT2D eigenvalue weighted by atomic mass is 35.5. The first-order chi connectivity index (χ1) is 13.5. The second-order valence-corrected chi connectivity index (χ2v) is 7.41. The zero-order valence-corrected chi connectivity index (χ0v) is 16.7. The average molecular weight is 412 g/mol. The van der Waals surface area contributed by atoms with E-state index < -0.39 is 0 Å². The van der Waals surface area contributed by atoms with Gasteiger partial charge in [0.15, 0.2) is 5.78 Å². The van der Waals surface area contributed by atoms with Crippen LogP contribution in [0.25, 0.3) is 0 Å². The Kier molecular flexibility index (Phi) is 6.74. The molecule has 3 rings (SSSR count). The molecule has 0 aliphatic heterocycles. The second kappa shape index (κ2) is 9.44. The minimum atomic E-state index is -0.211. The Bertz CT molecular complexity index is 972.